The van der Waals surface area contributed by atoms with Crippen LogP contribution in [0.15, 0.2) is 24.3 Å². The predicted molar refractivity (Wildman–Crippen MR) is 64.7 cm³/mol. The van der Waals surface area contributed by atoms with Crippen molar-refractivity contribution in [2.24, 2.45) is 0 Å². The number of hydrogen-bond acceptors (Lipinski definition) is 1. The van der Waals surface area contributed by atoms with Crippen LogP contribution in [0.4, 0.5) is 0 Å². The van der Waals surface area contributed by atoms with Crippen molar-refractivity contribution in [2.45, 2.75) is 34.6 Å². The molecule has 0 spiro atoms. The summed E-state index contributed by atoms with van der Waals surface area (Å²) in [7, 11) is 0. The van der Waals surface area contributed by atoms with E-state index in [4.69, 9.17) is 4.74 Å². The Bertz CT molecular complexity index is 194. The average molecular weight is 284 g/mol. The minimum atomic E-state index is 0. The van der Waals surface area contributed by atoms with Gasteiger partial charge in [-0.25, -0.2) is 0 Å². The molecule has 0 N–H and O–H groups in total. The van der Waals surface area contributed by atoms with Gasteiger partial charge in [-0.2, -0.15) is 0 Å². The summed E-state index contributed by atoms with van der Waals surface area (Å²) in [4.78, 5) is 0. The largest absolute Gasteiger partial charge is 0.525 e. The molecule has 1 rings (SSSR count). The van der Waals surface area contributed by atoms with Crippen molar-refractivity contribution in [1.82, 2.24) is 0 Å². The van der Waals surface area contributed by atoms with Gasteiger partial charge in [-0.3, -0.25) is 0 Å². The van der Waals surface area contributed by atoms with Crippen LogP contribution in [0.3, 0.4) is 0 Å². The fourth-order valence-corrected chi connectivity index (χ4v) is 0.752. The molecule has 1 radical (unpaired) electrons. The van der Waals surface area contributed by atoms with Crippen molar-refractivity contribution in [3.8, 4) is 5.75 Å². The van der Waals surface area contributed by atoms with Gasteiger partial charge in [0, 0.05) is 32.7 Å². The Morgan fingerprint density at radius 2 is 1.40 bits per heavy atom. The van der Waals surface area contributed by atoms with Gasteiger partial charge in [0.2, 0.25) is 0 Å². The van der Waals surface area contributed by atoms with Crippen LogP contribution in [0.5, 0.6) is 5.75 Å². The molecule has 0 aromatic heterocycles. The van der Waals surface area contributed by atoms with Crippen molar-refractivity contribution in [3.05, 3.63) is 36.8 Å². The van der Waals surface area contributed by atoms with E-state index in [9.17, 15) is 0 Å². The van der Waals surface area contributed by atoms with Crippen LogP contribution in [-0.4, -0.2) is 6.61 Å². The van der Waals surface area contributed by atoms with Crippen LogP contribution in [0, 0.1) is 13.8 Å². The zero-order valence-electron chi connectivity index (χ0n) is 10.7. The molecule has 0 bridgehead atoms. The molecule has 0 fully saturated rings. The fraction of sp³-hybridized carbons (Fsp3) is 0.462. The monoisotopic (exact) mass is 284 g/mol. The Kier molecular flexibility index (Phi) is 22.6. The molecule has 0 aliphatic heterocycles. The van der Waals surface area contributed by atoms with Crippen LogP contribution >= 0.6 is 0 Å². The first-order valence-electron chi connectivity index (χ1n) is 5.31. The second-order valence-corrected chi connectivity index (χ2v) is 2.16. The summed E-state index contributed by atoms with van der Waals surface area (Å²) in [6.07, 6.45) is 0. The molecular formula is C13H23OY-. The maximum atomic E-state index is 5.15. The third-order valence-corrected chi connectivity index (χ3v) is 1.29. The van der Waals surface area contributed by atoms with Gasteiger partial charge in [-0.1, -0.05) is 45.4 Å². The Hall–Kier alpha value is 0.124. The molecular weight excluding hydrogens is 261 g/mol. The zero-order valence-corrected chi connectivity index (χ0v) is 13.5. The van der Waals surface area contributed by atoms with E-state index in [0.717, 1.165) is 5.75 Å². The molecule has 0 amide bonds. The van der Waals surface area contributed by atoms with Crippen LogP contribution in [0.2, 0.25) is 0 Å². The molecule has 85 valence electrons. The van der Waals surface area contributed by atoms with Crippen molar-refractivity contribution in [2.75, 3.05) is 6.61 Å². The van der Waals surface area contributed by atoms with Gasteiger partial charge < -0.3 is 11.7 Å². The summed E-state index contributed by atoms with van der Waals surface area (Å²) < 4.78 is 5.15. The molecule has 0 saturated heterocycles. The molecule has 0 atom stereocenters. The Labute approximate surface area is 120 Å². The molecule has 1 aromatic rings. The van der Waals surface area contributed by atoms with E-state index in [0.29, 0.717) is 6.61 Å². The number of hydrogen-bond donors (Lipinski definition) is 0. The Morgan fingerprint density at radius 3 is 1.73 bits per heavy atom. The van der Waals surface area contributed by atoms with Gasteiger partial charge in [0.15, 0.2) is 0 Å². The smallest absolute Gasteiger partial charge is 0.115 e. The normalized spacial score (nSPS) is 7.07. The molecule has 15 heavy (non-hydrogen) atoms. The van der Waals surface area contributed by atoms with Crippen molar-refractivity contribution in [3.63, 3.8) is 0 Å². The summed E-state index contributed by atoms with van der Waals surface area (Å²) in [6.45, 7) is 14.1. The predicted octanol–water partition coefficient (Wildman–Crippen LogP) is 4.26. The van der Waals surface area contributed by atoms with E-state index in [1.165, 1.54) is 5.56 Å². The third-order valence-electron chi connectivity index (χ3n) is 1.29. The fourth-order valence-electron chi connectivity index (χ4n) is 0.752. The topological polar surface area (TPSA) is 9.23 Å². The molecule has 0 saturated carbocycles. The first kappa shape index (κ1) is 20.5. The average Bonchev–Trinajstić information content (AvgIpc) is 2.28. The molecule has 0 unspecified atom stereocenters. The number of ether oxygens (including phenoxy) is 1. The Morgan fingerprint density at radius 1 is 1.00 bits per heavy atom. The Balaban J connectivity index is -0.000000258. The second-order valence-electron chi connectivity index (χ2n) is 2.16. The van der Waals surface area contributed by atoms with E-state index in [1.54, 1.807) is 0 Å². The van der Waals surface area contributed by atoms with Gasteiger partial charge >= 0.3 is 0 Å². The minimum Gasteiger partial charge on any atom is -0.525 e. The van der Waals surface area contributed by atoms with E-state index >= 15 is 0 Å². The van der Waals surface area contributed by atoms with E-state index in [1.807, 2.05) is 58.9 Å². The maximum Gasteiger partial charge on any atom is 0.115 e. The first-order chi connectivity index (χ1) is 6.83. The van der Waals surface area contributed by atoms with Gasteiger partial charge in [-0.15, -0.1) is 0 Å². The van der Waals surface area contributed by atoms with Gasteiger partial charge in [0.1, 0.15) is 5.75 Å². The summed E-state index contributed by atoms with van der Waals surface area (Å²) in [6, 6.07) is 7.93. The third kappa shape index (κ3) is 12.1. The minimum absolute atomic E-state index is 0. The standard InChI is InChI=1S/C9H11O.2C2H6.Y/c1-3-10-9-6-4-8(2)5-7-9;2*1-2;/h4-7H,1,3H2,2H3;2*1-2H3;/q-1;;;. The summed E-state index contributed by atoms with van der Waals surface area (Å²) in [5.74, 6) is 0.889. The van der Waals surface area contributed by atoms with E-state index in [-0.39, 0.29) is 32.7 Å². The zero-order chi connectivity index (χ0) is 11.4. The number of benzene rings is 1. The summed E-state index contributed by atoms with van der Waals surface area (Å²) in [5.41, 5.74) is 1.25. The molecule has 0 aliphatic rings. The molecule has 1 nitrogen and oxygen atoms in total. The van der Waals surface area contributed by atoms with Crippen molar-refractivity contribution >= 4 is 0 Å². The molecule has 0 heterocycles. The van der Waals surface area contributed by atoms with Crippen LogP contribution in [-0.2, 0) is 32.7 Å². The van der Waals surface area contributed by atoms with E-state index in [2.05, 4.69) is 6.92 Å². The van der Waals surface area contributed by atoms with Crippen molar-refractivity contribution < 1.29 is 37.4 Å². The summed E-state index contributed by atoms with van der Waals surface area (Å²) in [5, 5.41) is 0. The number of rotatable bonds is 2. The van der Waals surface area contributed by atoms with Crippen LogP contribution < -0.4 is 4.74 Å². The first-order valence-corrected chi connectivity index (χ1v) is 5.31. The van der Waals surface area contributed by atoms with Crippen LogP contribution in [0.1, 0.15) is 33.3 Å². The maximum absolute atomic E-state index is 5.15. The van der Waals surface area contributed by atoms with E-state index < -0.39 is 0 Å². The second kappa shape index (κ2) is 16.5. The van der Waals surface area contributed by atoms with Crippen molar-refractivity contribution in [1.29, 1.82) is 0 Å². The molecule has 0 aliphatic carbocycles. The SMILES string of the molecule is CC.CC.[CH2-]COc1ccc(C)cc1.[Y]. The number of aryl methyl sites for hydroxylation is 1. The van der Waals surface area contributed by atoms with Gasteiger partial charge in [-0.05, 0) is 25.7 Å². The van der Waals surface area contributed by atoms with Crippen LogP contribution in [0.25, 0.3) is 0 Å². The molecule has 2 heteroatoms. The van der Waals surface area contributed by atoms with Gasteiger partial charge in [0.05, 0.1) is 0 Å². The summed E-state index contributed by atoms with van der Waals surface area (Å²) >= 11 is 0. The quantitative estimate of drug-likeness (QED) is 0.737. The van der Waals surface area contributed by atoms with Gasteiger partial charge in [0.25, 0.3) is 0 Å². The molecule has 1 aromatic carbocycles.